The van der Waals surface area contributed by atoms with Gasteiger partial charge in [-0.15, -0.1) is 0 Å². The zero-order valence-corrected chi connectivity index (χ0v) is 11.0. The normalized spacial score (nSPS) is 10.1. The van der Waals surface area contributed by atoms with E-state index in [0.29, 0.717) is 0 Å². The quantitative estimate of drug-likeness (QED) is 0.867. The van der Waals surface area contributed by atoms with E-state index in [9.17, 15) is 14.0 Å². The largest absolute Gasteiger partial charge is 0.491 e. The van der Waals surface area contributed by atoms with Gasteiger partial charge in [0.25, 0.3) is 0 Å². The van der Waals surface area contributed by atoms with Gasteiger partial charge in [-0.2, -0.15) is 0 Å². The first-order valence-corrected chi connectivity index (χ1v) is 5.81. The lowest BCUT2D eigenvalue weighted by Gasteiger charge is -2.14. The van der Waals surface area contributed by atoms with Crippen LogP contribution in [0.1, 0.15) is 6.42 Å². The highest BCUT2D eigenvalue weighted by atomic mass is 35.5. The Labute approximate surface area is 114 Å². The molecule has 1 aromatic rings. The summed E-state index contributed by atoms with van der Waals surface area (Å²) >= 11 is 5.74. The Morgan fingerprint density at radius 2 is 2.16 bits per heavy atom. The van der Waals surface area contributed by atoms with E-state index in [1.807, 2.05) is 0 Å². The number of rotatable bonds is 6. The zero-order valence-electron chi connectivity index (χ0n) is 10.2. The van der Waals surface area contributed by atoms with Crippen molar-refractivity contribution in [1.29, 1.82) is 0 Å². The van der Waals surface area contributed by atoms with Crippen LogP contribution in [0, 0.1) is 5.82 Å². The van der Waals surface area contributed by atoms with Crippen LogP contribution in [0.2, 0.25) is 5.02 Å². The standard InChI is InChI=1S/C12H13ClFNO4/c1-15(7-12(17)18)11(16)4-5-19-10-3-2-8(14)6-9(10)13/h2-3,6H,4-5,7H2,1H3,(H,17,18). The lowest BCUT2D eigenvalue weighted by molar-refractivity contribution is -0.143. The van der Waals surface area contributed by atoms with E-state index in [1.165, 1.54) is 19.2 Å². The number of carbonyl (C=O) groups excluding carboxylic acids is 1. The van der Waals surface area contributed by atoms with E-state index in [0.717, 1.165) is 11.0 Å². The van der Waals surface area contributed by atoms with E-state index in [2.05, 4.69) is 0 Å². The van der Waals surface area contributed by atoms with E-state index >= 15 is 0 Å². The second-order valence-electron chi connectivity index (χ2n) is 3.82. The molecule has 1 rings (SSSR count). The number of ether oxygens (including phenoxy) is 1. The van der Waals surface area contributed by atoms with Crippen molar-refractivity contribution in [1.82, 2.24) is 4.90 Å². The van der Waals surface area contributed by atoms with E-state index in [-0.39, 0.29) is 36.3 Å². The fourth-order valence-corrected chi connectivity index (χ4v) is 1.54. The third-order valence-electron chi connectivity index (χ3n) is 2.27. The molecule has 5 nitrogen and oxygen atoms in total. The molecule has 0 aliphatic heterocycles. The minimum absolute atomic E-state index is 0.0114. The predicted molar refractivity (Wildman–Crippen MR) is 66.8 cm³/mol. The fourth-order valence-electron chi connectivity index (χ4n) is 1.32. The topological polar surface area (TPSA) is 66.8 Å². The van der Waals surface area contributed by atoms with Crippen molar-refractivity contribution in [2.45, 2.75) is 6.42 Å². The van der Waals surface area contributed by atoms with Gasteiger partial charge in [0, 0.05) is 7.05 Å². The van der Waals surface area contributed by atoms with Gasteiger partial charge in [-0.05, 0) is 18.2 Å². The third kappa shape index (κ3) is 5.13. The minimum Gasteiger partial charge on any atom is -0.491 e. The van der Waals surface area contributed by atoms with Crippen LogP contribution in [0.4, 0.5) is 4.39 Å². The number of hydrogen-bond acceptors (Lipinski definition) is 3. The summed E-state index contributed by atoms with van der Waals surface area (Å²) in [6.45, 7) is -0.329. The number of carbonyl (C=O) groups is 2. The molecule has 1 N–H and O–H groups in total. The van der Waals surface area contributed by atoms with Crippen LogP contribution in [-0.2, 0) is 9.59 Å². The highest BCUT2D eigenvalue weighted by Gasteiger charge is 2.12. The van der Waals surface area contributed by atoms with Gasteiger partial charge in [0.2, 0.25) is 5.91 Å². The van der Waals surface area contributed by atoms with Crippen molar-refractivity contribution in [3.05, 3.63) is 29.0 Å². The Morgan fingerprint density at radius 1 is 1.47 bits per heavy atom. The summed E-state index contributed by atoms with van der Waals surface area (Å²) in [6.07, 6.45) is 0.0114. The zero-order chi connectivity index (χ0) is 14.4. The molecule has 1 aromatic carbocycles. The summed E-state index contributed by atoms with van der Waals surface area (Å²) in [6, 6.07) is 3.66. The molecular formula is C12H13ClFNO4. The molecule has 0 unspecified atom stereocenters. The van der Waals surface area contributed by atoms with Gasteiger partial charge < -0.3 is 14.7 Å². The van der Waals surface area contributed by atoms with Crippen LogP contribution < -0.4 is 4.74 Å². The Morgan fingerprint density at radius 3 is 2.74 bits per heavy atom. The van der Waals surface area contributed by atoms with Crippen molar-refractivity contribution >= 4 is 23.5 Å². The number of nitrogens with zero attached hydrogens (tertiary/aromatic N) is 1. The Bertz CT molecular complexity index is 481. The van der Waals surface area contributed by atoms with Crippen LogP contribution in [0.25, 0.3) is 0 Å². The van der Waals surface area contributed by atoms with Gasteiger partial charge in [-0.3, -0.25) is 9.59 Å². The second-order valence-corrected chi connectivity index (χ2v) is 4.22. The van der Waals surface area contributed by atoms with Gasteiger partial charge in [0.1, 0.15) is 18.1 Å². The molecule has 0 heterocycles. The van der Waals surface area contributed by atoms with Crippen molar-refractivity contribution in [3.8, 4) is 5.75 Å². The molecule has 19 heavy (non-hydrogen) atoms. The van der Waals surface area contributed by atoms with Crippen molar-refractivity contribution in [2.75, 3.05) is 20.2 Å². The van der Waals surface area contributed by atoms with E-state index in [4.69, 9.17) is 21.4 Å². The molecular weight excluding hydrogens is 277 g/mol. The molecule has 1 amide bonds. The van der Waals surface area contributed by atoms with Crippen LogP contribution >= 0.6 is 11.6 Å². The molecule has 0 aliphatic carbocycles. The van der Waals surface area contributed by atoms with E-state index in [1.54, 1.807) is 0 Å². The lowest BCUT2D eigenvalue weighted by Crippen LogP contribution is -2.32. The summed E-state index contributed by atoms with van der Waals surface area (Å²) in [5.41, 5.74) is 0. The first-order chi connectivity index (χ1) is 8.90. The SMILES string of the molecule is CN(CC(=O)O)C(=O)CCOc1ccc(F)cc1Cl. The van der Waals surface area contributed by atoms with Gasteiger partial charge in [0.15, 0.2) is 0 Å². The van der Waals surface area contributed by atoms with Crippen molar-refractivity contribution in [2.24, 2.45) is 0 Å². The maximum absolute atomic E-state index is 12.8. The number of hydrogen-bond donors (Lipinski definition) is 1. The molecule has 0 saturated heterocycles. The first kappa shape index (κ1) is 15.2. The van der Waals surface area contributed by atoms with Crippen molar-refractivity contribution in [3.63, 3.8) is 0 Å². The van der Waals surface area contributed by atoms with Crippen LogP contribution in [0.3, 0.4) is 0 Å². The van der Waals surface area contributed by atoms with Gasteiger partial charge in [0.05, 0.1) is 18.1 Å². The Kier molecular flexibility index (Phi) is 5.57. The number of carboxylic acid groups (broad SMARTS) is 1. The number of aliphatic carboxylic acids is 1. The number of amides is 1. The summed E-state index contributed by atoms with van der Waals surface area (Å²) in [4.78, 5) is 23.0. The number of halogens is 2. The predicted octanol–water partition coefficient (Wildman–Crippen LogP) is 1.79. The molecule has 7 heteroatoms. The van der Waals surface area contributed by atoms with E-state index < -0.39 is 11.8 Å². The smallest absolute Gasteiger partial charge is 0.323 e. The molecule has 0 aliphatic rings. The molecule has 0 bridgehead atoms. The fraction of sp³-hybridized carbons (Fsp3) is 0.333. The van der Waals surface area contributed by atoms with Crippen LogP contribution in [-0.4, -0.2) is 42.1 Å². The van der Waals surface area contributed by atoms with Gasteiger partial charge in [-0.1, -0.05) is 11.6 Å². The summed E-state index contributed by atoms with van der Waals surface area (Å²) in [7, 11) is 1.39. The monoisotopic (exact) mass is 289 g/mol. The maximum Gasteiger partial charge on any atom is 0.323 e. The Balaban J connectivity index is 2.41. The highest BCUT2D eigenvalue weighted by Crippen LogP contribution is 2.24. The van der Waals surface area contributed by atoms with Gasteiger partial charge >= 0.3 is 5.97 Å². The molecule has 0 aromatic heterocycles. The maximum atomic E-state index is 12.8. The summed E-state index contributed by atoms with van der Waals surface area (Å²) in [5, 5.41) is 8.64. The molecule has 104 valence electrons. The molecule has 0 spiro atoms. The lowest BCUT2D eigenvalue weighted by atomic mass is 10.3. The second kappa shape index (κ2) is 6.94. The van der Waals surface area contributed by atoms with Crippen LogP contribution in [0.5, 0.6) is 5.75 Å². The summed E-state index contributed by atoms with van der Waals surface area (Å²) < 4.78 is 18.0. The molecule has 0 atom stereocenters. The third-order valence-corrected chi connectivity index (χ3v) is 2.56. The number of benzene rings is 1. The number of carboxylic acids is 1. The Hall–Kier alpha value is -1.82. The first-order valence-electron chi connectivity index (χ1n) is 5.43. The number of likely N-dealkylation sites (N-methyl/N-ethyl adjacent to an activating group) is 1. The average Bonchev–Trinajstić information content (AvgIpc) is 2.30. The highest BCUT2D eigenvalue weighted by molar-refractivity contribution is 6.32. The van der Waals surface area contributed by atoms with Gasteiger partial charge in [-0.25, -0.2) is 4.39 Å². The molecule has 0 radical (unpaired) electrons. The van der Waals surface area contributed by atoms with Crippen LogP contribution in [0.15, 0.2) is 18.2 Å². The minimum atomic E-state index is -1.08. The van der Waals surface area contributed by atoms with Crippen molar-refractivity contribution < 1.29 is 23.8 Å². The summed E-state index contributed by atoms with van der Waals surface area (Å²) in [5.74, 6) is -1.65. The molecule has 0 saturated carbocycles. The molecule has 0 fully saturated rings. The average molecular weight is 290 g/mol.